The highest BCUT2D eigenvalue weighted by molar-refractivity contribution is 7.91. The molecule has 0 unspecified atom stereocenters. The van der Waals surface area contributed by atoms with Crippen LogP contribution in [0.15, 0.2) is 41.3 Å². The first kappa shape index (κ1) is 30.6. The molecular formula is C26H32ClN3O7S2. The van der Waals surface area contributed by atoms with Crippen LogP contribution in [-0.4, -0.2) is 91.2 Å². The van der Waals surface area contributed by atoms with Crippen LogP contribution in [0.2, 0.25) is 0 Å². The summed E-state index contributed by atoms with van der Waals surface area (Å²) in [4.78, 5) is 22.1. The van der Waals surface area contributed by atoms with E-state index in [4.69, 9.17) is 18.9 Å². The lowest BCUT2D eigenvalue weighted by Gasteiger charge is -2.28. The second kappa shape index (κ2) is 13.4. The van der Waals surface area contributed by atoms with Crippen LogP contribution in [0.25, 0.3) is 16.3 Å². The standard InChI is InChI=1S/C26H31N3O7S2.ClH/c1-33-19-16-18(17-20(34-2)25(19)35-3)8-9-23(30)29(11-10-28-12-14-36-15-13-28)26-27-24-21(37-26)6-5-7-22(24)38(4,31)32;/h5-9,16-17H,10-15H2,1-4H3;1H. The van der Waals surface area contributed by atoms with Gasteiger partial charge in [0.25, 0.3) is 5.91 Å². The van der Waals surface area contributed by atoms with Crippen molar-refractivity contribution in [2.75, 3.05) is 71.9 Å². The minimum Gasteiger partial charge on any atom is -0.493 e. The summed E-state index contributed by atoms with van der Waals surface area (Å²) in [5.74, 6) is 1.12. The number of morpholine rings is 1. The number of thiazole rings is 1. The maximum absolute atomic E-state index is 13.5. The van der Waals surface area contributed by atoms with Gasteiger partial charge in [-0.1, -0.05) is 17.4 Å². The molecule has 212 valence electrons. The van der Waals surface area contributed by atoms with Gasteiger partial charge in [-0.2, -0.15) is 0 Å². The molecule has 13 heteroatoms. The fourth-order valence-electron chi connectivity index (χ4n) is 4.15. The molecule has 0 saturated carbocycles. The minimum atomic E-state index is -3.49. The number of benzene rings is 2. The Labute approximate surface area is 238 Å². The van der Waals surface area contributed by atoms with E-state index in [0.717, 1.165) is 19.3 Å². The number of sulfone groups is 1. The largest absolute Gasteiger partial charge is 0.493 e. The highest BCUT2D eigenvalue weighted by Gasteiger charge is 2.23. The Morgan fingerprint density at radius 1 is 1.13 bits per heavy atom. The van der Waals surface area contributed by atoms with Gasteiger partial charge in [0.1, 0.15) is 5.52 Å². The number of rotatable bonds is 10. The van der Waals surface area contributed by atoms with Gasteiger partial charge in [-0.15, -0.1) is 12.4 Å². The average Bonchev–Trinajstić information content (AvgIpc) is 3.35. The van der Waals surface area contributed by atoms with Gasteiger partial charge < -0.3 is 18.9 Å². The summed E-state index contributed by atoms with van der Waals surface area (Å²) in [6, 6.07) is 8.52. The predicted molar refractivity (Wildman–Crippen MR) is 155 cm³/mol. The van der Waals surface area contributed by atoms with Crippen molar-refractivity contribution >= 4 is 60.9 Å². The lowest BCUT2D eigenvalue weighted by Crippen LogP contribution is -2.42. The number of amides is 1. The van der Waals surface area contributed by atoms with E-state index in [2.05, 4.69) is 9.88 Å². The SMILES string of the molecule is COc1cc(C=CC(=O)N(CCN2CCOCC2)c2nc3c(S(C)(=O)=O)cccc3s2)cc(OC)c1OC.Cl. The van der Waals surface area contributed by atoms with E-state index < -0.39 is 9.84 Å². The summed E-state index contributed by atoms with van der Waals surface area (Å²) in [5.41, 5.74) is 1.05. The zero-order valence-electron chi connectivity index (χ0n) is 22.2. The molecule has 10 nitrogen and oxygen atoms in total. The molecule has 39 heavy (non-hydrogen) atoms. The molecule has 0 N–H and O–H groups in total. The van der Waals surface area contributed by atoms with Gasteiger partial charge >= 0.3 is 0 Å². The highest BCUT2D eigenvalue weighted by atomic mass is 35.5. The summed E-state index contributed by atoms with van der Waals surface area (Å²) in [6.45, 7) is 3.86. The highest BCUT2D eigenvalue weighted by Crippen LogP contribution is 2.38. The van der Waals surface area contributed by atoms with Gasteiger partial charge in [0.15, 0.2) is 26.5 Å². The normalized spacial score (nSPS) is 14.3. The number of ether oxygens (including phenoxy) is 4. The number of hydrogen-bond donors (Lipinski definition) is 0. The van der Waals surface area contributed by atoms with Gasteiger partial charge in [0, 0.05) is 38.5 Å². The van der Waals surface area contributed by atoms with Crippen LogP contribution in [0.3, 0.4) is 0 Å². The van der Waals surface area contributed by atoms with Crippen molar-refractivity contribution in [2.24, 2.45) is 0 Å². The molecular weight excluding hydrogens is 566 g/mol. The molecule has 1 aromatic heterocycles. The Morgan fingerprint density at radius 3 is 2.38 bits per heavy atom. The molecule has 0 bridgehead atoms. The summed E-state index contributed by atoms with van der Waals surface area (Å²) >= 11 is 1.29. The number of methoxy groups -OCH3 is 3. The summed E-state index contributed by atoms with van der Waals surface area (Å²) in [6.07, 6.45) is 4.29. The number of halogens is 1. The van der Waals surface area contributed by atoms with Gasteiger partial charge in [-0.25, -0.2) is 13.4 Å². The van der Waals surface area contributed by atoms with Crippen molar-refractivity contribution in [3.8, 4) is 17.2 Å². The third-order valence-electron chi connectivity index (χ3n) is 6.12. The molecule has 2 aromatic carbocycles. The average molecular weight is 598 g/mol. The fraction of sp³-hybridized carbons (Fsp3) is 0.385. The Morgan fingerprint density at radius 2 is 1.79 bits per heavy atom. The molecule has 1 saturated heterocycles. The molecule has 0 atom stereocenters. The van der Waals surface area contributed by atoms with Crippen LogP contribution < -0.4 is 19.1 Å². The number of carbonyl (C=O) groups is 1. The first-order chi connectivity index (χ1) is 18.2. The summed E-state index contributed by atoms with van der Waals surface area (Å²) in [5, 5.41) is 0.434. The van der Waals surface area contributed by atoms with E-state index in [0.29, 0.717) is 64.5 Å². The zero-order valence-corrected chi connectivity index (χ0v) is 24.7. The van der Waals surface area contributed by atoms with Gasteiger partial charge in [-0.3, -0.25) is 14.6 Å². The van der Waals surface area contributed by atoms with E-state index in [1.54, 1.807) is 29.2 Å². The summed E-state index contributed by atoms with van der Waals surface area (Å²) < 4.78 is 47.0. The number of anilines is 1. The number of fused-ring (bicyclic) bond motifs is 1. The summed E-state index contributed by atoms with van der Waals surface area (Å²) in [7, 11) is 1.10. The predicted octanol–water partition coefficient (Wildman–Crippen LogP) is 3.53. The van der Waals surface area contributed by atoms with Crippen LogP contribution in [0.1, 0.15) is 5.56 Å². The van der Waals surface area contributed by atoms with E-state index in [1.807, 2.05) is 6.07 Å². The molecule has 4 rings (SSSR count). The van der Waals surface area contributed by atoms with E-state index in [9.17, 15) is 13.2 Å². The lowest BCUT2D eigenvalue weighted by atomic mass is 10.1. The van der Waals surface area contributed by atoms with Gasteiger partial charge in [0.2, 0.25) is 5.75 Å². The molecule has 0 aliphatic carbocycles. The second-order valence-corrected chi connectivity index (χ2v) is 11.6. The third-order valence-corrected chi connectivity index (χ3v) is 8.29. The number of nitrogens with zero attached hydrogens (tertiary/aromatic N) is 3. The van der Waals surface area contributed by atoms with Crippen molar-refractivity contribution < 1.29 is 32.2 Å². The number of para-hydroxylation sites is 1. The zero-order chi connectivity index (χ0) is 27.3. The third kappa shape index (κ3) is 7.20. The Bertz CT molecular complexity index is 1410. The van der Waals surface area contributed by atoms with Gasteiger partial charge in [-0.05, 0) is 35.9 Å². The molecule has 0 spiro atoms. The van der Waals surface area contributed by atoms with Crippen molar-refractivity contribution in [2.45, 2.75) is 4.90 Å². The second-order valence-electron chi connectivity index (χ2n) is 8.61. The molecule has 3 aromatic rings. The Kier molecular flexibility index (Phi) is 10.6. The van der Waals surface area contributed by atoms with Crippen molar-refractivity contribution in [3.05, 3.63) is 42.0 Å². The monoisotopic (exact) mass is 597 g/mol. The molecule has 0 radical (unpaired) electrons. The minimum absolute atomic E-state index is 0. The smallest absolute Gasteiger partial charge is 0.252 e. The topological polar surface area (TPSA) is 108 Å². The van der Waals surface area contributed by atoms with Crippen LogP contribution in [0, 0.1) is 0 Å². The molecule has 1 aliphatic rings. The van der Waals surface area contributed by atoms with Crippen LogP contribution in [0.5, 0.6) is 17.2 Å². The van der Waals surface area contributed by atoms with Crippen LogP contribution in [0.4, 0.5) is 5.13 Å². The van der Waals surface area contributed by atoms with E-state index in [1.165, 1.54) is 44.8 Å². The van der Waals surface area contributed by atoms with Gasteiger partial charge in [0.05, 0.1) is 44.1 Å². The Hall–Kier alpha value is -2.90. The maximum atomic E-state index is 13.5. The van der Waals surface area contributed by atoms with Crippen molar-refractivity contribution in [1.82, 2.24) is 9.88 Å². The number of hydrogen-bond acceptors (Lipinski definition) is 10. The van der Waals surface area contributed by atoms with E-state index in [-0.39, 0.29) is 23.2 Å². The lowest BCUT2D eigenvalue weighted by molar-refractivity contribution is -0.114. The quantitative estimate of drug-likeness (QED) is 0.324. The number of aromatic nitrogens is 1. The molecule has 1 amide bonds. The fourth-order valence-corrected chi connectivity index (χ4v) is 6.07. The maximum Gasteiger partial charge on any atom is 0.252 e. The van der Waals surface area contributed by atoms with E-state index >= 15 is 0 Å². The molecule has 1 fully saturated rings. The first-order valence-electron chi connectivity index (χ1n) is 11.9. The Balaban J connectivity index is 0.00000420. The van der Waals surface area contributed by atoms with Crippen molar-refractivity contribution in [3.63, 3.8) is 0 Å². The van der Waals surface area contributed by atoms with Crippen LogP contribution in [-0.2, 0) is 19.4 Å². The first-order valence-corrected chi connectivity index (χ1v) is 14.6. The van der Waals surface area contributed by atoms with Crippen molar-refractivity contribution in [1.29, 1.82) is 0 Å². The molecule has 1 aliphatic heterocycles. The number of carbonyl (C=O) groups excluding carboxylic acids is 1. The molecule has 2 heterocycles. The van der Waals surface area contributed by atoms with Crippen LogP contribution >= 0.6 is 23.7 Å².